The first-order valence-corrected chi connectivity index (χ1v) is 10.9. The normalized spacial score (nSPS) is 35.8. The number of amides is 2. The van der Waals surface area contributed by atoms with Gasteiger partial charge in [-0.05, 0) is 74.7 Å². The molecule has 2 amide bonds. The number of hydrogen-bond acceptors (Lipinski definition) is 3. The van der Waals surface area contributed by atoms with E-state index in [2.05, 4.69) is 5.32 Å². The maximum atomic E-state index is 13.2. The van der Waals surface area contributed by atoms with Gasteiger partial charge in [0.05, 0.1) is 0 Å². The van der Waals surface area contributed by atoms with E-state index < -0.39 is 0 Å². The van der Waals surface area contributed by atoms with Crippen molar-refractivity contribution in [3.63, 3.8) is 0 Å². The Morgan fingerprint density at radius 3 is 2.32 bits per heavy atom. The standard InChI is InChI=1S/C23H30N2O3/c26-21(24-23-12-17-9-18(13-23)11-19(10-17)14-23)20-7-4-8-25(20)22(27)28-15-16-5-2-1-3-6-16/h1-3,5-6,17-20H,4,7-15H2,(H,24,26). The summed E-state index contributed by atoms with van der Waals surface area (Å²) in [4.78, 5) is 27.4. The molecule has 1 N–H and O–H groups in total. The van der Waals surface area contributed by atoms with Crippen LogP contribution in [0.4, 0.5) is 4.79 Å². The molecule has 5 heteroatoms. The number of ether oxygens (including phenoxy) is 1. The van der Waals surface area contributed by atoms with Crippen LogP contribution < -0.4 is 5.32 Å². The summed E-state index contributed by atoms with van der Waals surface area (Å²) in [6.07, 6.45) is 8.70. The van der Waals surface area contributed by atoms with E-state index in [0.717, 1.165) is 55.4 Å². The number of nitrogens with one attached hydrogen (secondary N) is 1. The van der Waals surface area contributed by atoms with Crippen LogP contribution in [0.2, 0.25) is 0 Å². The smallest absolute Gasteiger partial charge is 0.410 e. The predicted molar refractivity (Wildman–Crippen MR) is 105 cm³/mol. The third-order valence-corrected chi connectivity index (χ3v) is 7.42. The minimum Gasteiger partial charge on any atom is -0.445 e. The van der Waals surface area contributed by atoms with Crippen LogP contribution in [-0.2, 0) is 16.1 Å². The molecular formula is C23H30N2O3. The average molecular weight is 383 g/mol. The Labute approximate surface area is 166 Å². The molecule has 1 aromatic carbocycles. The molecule has 1 aromatic rings. The number of benzene rings is 1. The molecule has 1 aliphatic heterocycles. The lowest BCUT2D eigenvalue weighted by Gasteiger charge is -2.57. The van der Waals surface area contributed by atoms with Gasteiger partial charge in [-0.2, -0.15) is 0 Å². The van der Waals surface area contributed by atoms with E-state index in [1.807, 2.05) is 30.3 Å². The van der Waals surface area contributed by atoms with Crippen molar-refractivity contribution in [2.75, 3.05) is 6.54 Å². The summed E-state index contributed by atoms with van der Waals surface area (Å²) in [5.41, 5.74) is 0.957. The van der Waals surface area contributed by atoms with Gasteiger partial charge in [0.2, 0.25) is 5.91 Å². The molecule has 6 rings (SSSR count). The zero-order valence-electron chi connectivity index (χ0n) is 16.4. The van der Waals surface area contributed by atoms with Gasteiger partial charge in [0, 0.05) is 12.1 Å². The molecule has 5 nitrogen and oxygen atoms in total. The fourth-order valence-electron chi connectivity index (χ4n) is 6.67. The molecule has 4 saturated carbocycles. The fraction of sp³-hybridized carbons (Fsp3) is 0.652. The number of carbonyl (C=O) groups is 2. The molecule has 5 fully saturated rings. The maximum absolute atomic E-state index is 13.2. The predicted octanol–water partition coefficient (Wildman–Crippen LogP) is 3.87. The van der Waals surface area contributed by atoms with Crippen LogP contribution in [0.1, 0.15) is 56.9 Å². The molecule has 4 aliphatic carbocycles. The second-order valence-electron chi connectivity index (χ2n) is 9.58. The van der Waals surface area contributed by atoms with Gasteiger partial charge in [0.15, 0.2) is 0 Å². The first-order chi connectivity index (χ1) is 13.6. The number of likely N-dealkylation sites (tertiary alicyclic amines) is 1. The Balaban J connectivity index is 1.21. The molecule has 1 heterocycles. The first-order valence-electron chi connectivity index (χ1n) is 10.9. The van der Waals surface area contributed by atoms with E-state index in [1.54, 1.807) is 4.90 Å². The number of rotatable bonds is 4. The Morgan fingerprint density at radius 1 is 1.04 bits per heavy atom. The van der Waals surface area contributed by atoms with Crippen LogP contribution >= 0.6 is 0 Å². The van der Waals surface area contributed by atoms with E-state index in [4.69, 9.17) is 4.74 Å². The molecule has 28 heavy (non-hydrogen) atoms. The van der Waals surface area contributed by atoms with E-state index in [-0.39, 0.29) is 30.2 Å². The summed E-state index contributed by atoms with van der Waals surface area (Å²) >= 11 is 0. The van der Waals surface area contributed by atoms with E-state index in [1.165, 1.54) is 19.3 Å². The summed E-state index contributed by atoms with van der Waals surface area (Å²) in [5, 5.41) is 3.44. The molecule has 0 aromatic heterocycles. The van der Waals surface area contributed by atoms with E-state index >= 15 is 0 Å². The number of carbonyl (C=O) groups excluding carboxylic acids is 2. The van der Waals surface area contributed by atoms with Crippen molar-refractivity contribution in [3.05, 3.63) is 35.9 Å². The Hall–Kier alpha value is -2.04. The highest BCUT2D eigenvalue weighted by Crippen LogP contribution is 2.55. The van der Waals surface area contributed by atoms with Crippen molar-refractivity contribution in [1.29, 1.82) is 0 Å². The quantitative estimate of drug-likeness (QED) is 0.860. The summed E-state index contributed by atoms with van der Waals surface area (Å²) in [5.74, 6) is 2.42. The molecule has 5 aliphatic rings. The van der Waals surface area contributed by atoms with Crippen molar-refractivity contribution in [1.82, 2.24) is 10.2 Å². The SMILES string of the molecule is O=C(NC12CC3CC(CC(C3)C1)C2)C1CCCN1C(=O)OCc1ccccc1. The summed E-state index contributed by atoms with van der Waals surface area (Å²) in [6.45, 7) is 0.853. The summed E-state index contributed by atoms with van der Waals surface area (Å²) in [7, 11) is 0. The molecule has 1 unspecified atom stereocenters. The highest BCUT2D eigenvalue weighted by molar-refractivity contribution is 5.86. The van der Waals surface area contributed by atoms with Crippen molar-refractivity contribution in [3.8, 4) is 0 Å². The summed E-state index contributed by atoms with van der Waals surface area (Å²) in [6, 6.07) is 9.30. The van der Waals surface area contributed by atoms with E-state index in [0.29, 0.717) is 6.54 Å². The molecule has 4 bridgehead atoms. The fourth-order valence-corrected chi connectivity index (χ4v) is 6.67. The van der Waals surface area contributed by atoms with Gasteiger partial charge >= 0.3 is 6.09 Å². The third kappa shape index (κ3) is 3.40. The highest BCUT2D eigenvalue weighted by Gasteiger charge is 2.52. The van der Waals surface area contributed by atoms with Gasteiger partial charge in [0.25, 0.3) is 0 Å². The molecule has 150 valence electrons. The minimum atomic E-state index is -0.378. The first kappa shape index (κ1) is 18.0. The van der Waals surface area contributed by atoms with Crippen LogP contribution in [-0.4, -0.2) is 35.0 Å². The zero-order valence-corrected chi connectivity index (χ0v) is 16.4. The van der Waals surface area contributed by atoms with Crippen LogP contribution in [0.15, 0.2) is 30.3 Å². The topological polar surface area (TPSA) is 58.6 Å². The van der Waals surface area contributed by atoms with Crippen molar-refractivity contribution >= 4 is 12.0 Å². The largest absolute Gasteiger partial charge is 0.445 e. The lowest BCUT2D eigenvalue weighted by Crippen LogP contribution is -2.62. The van der Waals surface area contributed by atoms with Crippen LogP contribution in [0, 0.1) is 17.8 Å². The number of nitrogens with zero attached hydrogens (tertiary/aromatic N) is 1. The second-order valence-corrected chi connectivity index (χ2v) is 9.58. The van der Waals surface area contributed by atoms with Crippen molar-refractivity contribution in [2.45, 2.75) is 69.6 Å². The van der Waals surface area contributed by atoms with Gasteiger partial charge in [-0.15, -0.1) is 0 Å². The lowest BCUT2D eigenvalue weighted by atomic mass is 9.53. The van der Waals surface area contributed by atoms with Crippen molar-refractivity contribution < 1.29 is 14.3 Å². The van der Waals surface area contributed by atoms with Gasteiger partial charge < -0.3 is 10.1 Å². The van der Waals surface area contributed by atoms with Gasteiger partial charge in [-0.3, -0.25) is 9.69 Å². The molecule has 0 spiro atoms. The third-order valence-electron chi connectivity index (χ3n) is 7.42. The molecule has 0 radical (unpaired) electrons. The monoisotopic (exact) mass is 382 g/mol. The van der Waals surface area contributed by atoms with Crippen LogP contribution in [0.25, 0.3) is 0 Å². The number of hydrogen-bond donors (Lipinski definition) is 1. The van der Waals surface area contributed by atoms with Gasteiger partial charge in [-0.25, -0.2) is 4.79 Å². The van der Waals surface area contributed by atoms with Crippen LogP contribution in [0.5, 0.6) is 0 Å². The minimum absolute atomic E-state index is 0.00592. The lowest BCUT2D eigenvalue weighted by molar-refractivity contribution is -0.131. The maximum Gasteiger partial charge on any atom is 0.410 e. The summed E-state index contributed by atoms with van der Waals surface area (Å²) < 4.78 is 5.49. The van der Waals surface area contributed by atoms with Gasteiger partial charge in [0.1, 0.15) is 12.6 Å². The van der Waals surface area contributed by atoms with Crippen molar-refractivity contribution in [2.24, 2.45) is 17.8 Å². The Morgan fingerprint density at radius 2 is 1.68 bits per heavy atom. The Bertz CT molecular complexity index is 712. The molecular weight excluding hydrogens is 352 g/mol. The molecule has 1 atom stereocenters. The second kappa shape index (κ2) is 7.09. The highest BCUT2D eigenvalue weighted by atomic mass is 16.6. The van der Waals surface area contributed by atoms with E-state index in [9.17, 15) is 9.59 Å². The Kier molecular flexibility index (Phi) is 4.56. The molecule has 1 saturated heterocycles. The van der Waals surface area contributed by atoms with Gasteiger partial charge in [-0.1, -0.05) is 30.3 Å². The zero-order chi connectivity index (χ0) is 19.1. The average Bonchev–Trinajstić information content (AvgIpc) is 3.16. The van der Waals surface area contributed by atoms with Crippen LogP contribution in [0.3, 0.4) is 0 Å².